The van der Waals surface area contributed by atoms with Gasteiger partial charge >= 0.3 is 7.32 Å². The van der Waals surface area contributed by atoms with E-state index >= 15 is 0 Å². The summed E-state index contributed by atoms with van der Waals surface area (Å²) in [6.45, 7) is 8.98. The van der Waals surface area contributed by atoms with Crippen molar-refractivity contribution >= 4 is 7.32 Å². The number of hydrogen-bond acceptors (Lipinski definition) is 3. The average Bonchev–Trinajstić information content (AvgIpc) is 2.46. The lowest BCUT2D eigenvalue weighted by atomic mass is 9.90. The van der Waals surface area contributed by atoms with Gasteiger partial charge in [-0.1, -0.05) is 19.3 Å². The Bertz CT molecular complexity index is 243. The highest BCUT2D eigenvalue weighted by Crippen LogP contribution is 2.37. The molecule has 0 aromatic rings. The van der Waals surface area contributed by atoms with E-state index in [1.165, 1.54) is 32.1 Å². The molecule has 1 aliphatic carbocycles. The van der Waals surface area contributed by atoms with Gasteiger partial charge in [-0.25, -0.2) is 0 Å². The first-order valence-corrected chi connectivity index (χ1v) is 6.88. The zero-order valence-electron chi connectivity index (χ0n) is 11.6. The van der Waals surface area contributed by atoms with Crippen LogP contribution in [0.25, 0.3) is 0 Å². The zero-order valence-corrected chi connectivity index (χ0v) is 11.6. The standard InChI is InChI=1S/C13H25BO3/c1-12(2)13(3,4)17-14(16-12)15-10-11-8-6-5-7-9-11/h11H,5-10H2,1-4H3. The molecule has 0 bridgehead atoms. The Morgan fingerprint density at radius 2 is 1.53 bits per heavy atom. The van der Waals surface area contributed by atoms with Crippen LogP contribution in [0.3, 0.4) is 0 Å². The van der Waals surface area contributed by atoms with Crippen LogP contribution in [0.4, 0.5) is 0 Å². The van der Waals surface area contributed by atoms with Crippen molar-refractivity contribution in [2.24, 2.45) is 5.92 Å². The van der Waals surface area contributed by atoms with Gasteiger partial charge in [-0.2, -0.15) is 0 Å². The lowest BCUT2D eigenvalue weighted by molar-refractivity contribution is 0.00578. The summed E-state index contributed by atoms with van der Waals surface area (Å²) in [5.41, 5.74) is -0.575. The molecular weight excluding hydrogens is 215 g/mol. The molecule has 1 heterocycles. The summed E-state index contributed by atoms with van der Waals surface area (Å²) in [7, 11) is -0.484. The van der Waals surface area contributed by atoms with E-state index in [1.807, 2.05) is 0 Å². The van der Waals surface area contributed by atoms with Crippen molar-refractivity contribution in [2.45, 2.75) is 71.0 Å². The summed E-state index contributed by atoms with van der Waals surface area (Å²) in [6.07, 6.45) is 6.65. The predicted molar refractivity (Wildman–Crippen MR) is 68.6 cm³/mol. The Balaban J connectivity index is 1.77. The maximum absolute atomic E-state index is 5.81. The van der Waals surface area contributed by atoms with Crippen LogP contribution >= 0.6 is 0 Å². The third-order valence-corrected chi connectivity index (χ3v) is 4.42. The van der Waals surface area contributed by atoms with Gasteiger partial charge in [-0.05, 0) is 46.5 Å². The van der Waals surface area contributed by atoms with Crippen molar-refractivity contribution in [3.05, 3.63) is 0 Å². The second kappa shape index (κ2) is 4.91. The normalized spacial score (nSPS) is 28.6. The molecule has 1 aliphatic heterocycles. The second-order valence-corrected chi connectivity index (χ2v) is 6.38. The minimum Gasteiger partial charge on any atom is -0.386 e. The molecule has 0 N–H and O–H groups in total. The molecule has 98 valence electrons. The third-order valence-electron chi connectivity index (χ3n) is 4.42. The predicted octanol–water partition coefficient (Wildman–Crippen LogP) is 3.17. The fraction of sp³-hybridized carbons (Fsp3) is 1.00. The Kier molecular flexibility index (Phi) is 3.86. The van der Waals surface area contributed by atoms with Crippen molar-refractivity contribution in [3.8, 4) is 0 Å². The van der Waals surface area contributed by atoms with E-state index in [4.69, 9.17) is 14.0 Å². The van der Waals surface area contributed by atoms with E-state index in [0.29, 0.717) is 5.92 Å². The van der Waals surface area contributed by atoms with E-state index in [0.717, 1.165) is 6.61 Å². The highest BCUT2D eigenvalue weighted by atomic mass is 16.8. The molecule has 1 saturated carbocycles. The maximum Gasteiger partial charge on any atom is 0.640 e. The zero-order chi connectivity index (χ0) is 12.5. The summed E-state index contributed by atoms with van der Waals surface area (Å²) in [4.78, 5) is 0. The van der Waals surface area contributed by atoms with Crippen LogP contribution in [0, 0.1) is 5.92 Å². The quantitative estimate of drug-likeness (QED) is 0.709. The van der Waals surface area contributed by atoms with Gasteiger partial charge in [0.1, 0.15) is 0 Å². The fourth-order valence-corrected chi connectivity index (χ4v) is 2.43. The molecule has 0 spiro atoms. The summed E-state index contributed by atoms with van der Waals surface area (Å²) < 4.78 is 17.4. The molecule has 3 nitrogen and oxygen atoms in total. The monoisotopic (exact) mass is 240 g/mol. The largest absolute Gasteiger partial charge is 0.640 e. The molecule has 2 rings (SSSR count). The molecule has 1 saturated heterocycles. The SMILES string of the molecule is CC1(C)OB(OCC2CCCCC2)OC1(C)C. The van der Waals surface area contributed by atoms with Gasteiger partial charge in [0.05, 0.1) is 11.2 Å². The minimum atomic E-state index is -0.484. The highest BCUT2D eigenvalue weighted by Gasteiger charge is 2.53. The van der Waals surface area contributed by atoms with E-state index < -0.39 is 7.32 Å². The van der Waals surface area contributed by atoms with Crippen molar-refractivity contribution in [3.63, 3.8) is 0 Å². The van der Waals surface area contributed by atoms with Crippen molar-refractivity contribution in [1.82, 2.24) is 0 Å². The van der Waals surface area contributed by atoms with E-state index in [-0.39, 0.29) is 11.2 Å². The fourth-order valence-electron chi connectivity index (χ4n) is 2.43. The van der Waals surface area contributed by atoms with Crippen LogP contribution in [-0.2, 0) is 14.0 Å². The van der Waals surface area contributed by atoms with Crippen LogP contribution in [-0.4, -0.2) is 25.1 Å². The lowest BCUT2D eigenvalue weighted by Crippen LogP contribution is -2.41. The first-order chi connectivity index (χ1) is 7.91. The molecule has 0 amide bonds. The van der Waals surface area contributed by atoms with Gasteiger partial charge in [0, 0.05) is 6.61 Å². The summed E-state index contributed by atoms with van der Waals surface area (Å²) >= 11 is 0. The molecule has 0 unspecified atom stereocenters. The van der Waals surface area contributed by atoms with Gasteiger partial charge in [0.25, 0.3) is 0 Å². The van der Waals surface area contributed by atoms with Crippen LogP contribution < -0.4 is 0 Å². The Morgan fingerprint density at radius 3 is 2.06 bits per heavy atom. The van der Waals surface area contributed by atoms with Crippen LogP contribution in [0.1, 0.15) is 59.8 Å². The summed E-state index contributed by atoms with van der Waals surface area (Å²) in [6, 6.07) is 0. The Labute approximate surface area is 105 Å². The molecule has 0 atom stereocenters. The summed E-state index contributed by atoms with van der Waals surface area (Å²) in [5, 5.41) is 0. The van der Waals surface area contributed by atoms with Gasteiger partial charge in [-0.3, -0.25) is 0 Å². The maximum atomic E-state index is 5.81. The van der Waals surface area contributed by atoms with E-state index in [1.54, 1.807) is 0 Å². The Hall–Kier alpha value is -0.0551. The van der Waals surface area contributed by atoms with Gasteiger partial charge in [0.2, 0.25) is 0 Å². The lowest BCUT2D eigenvalue weighted by Gasteiger charge is -2.31. The van der Waals surface area contributed by atoms with Crippen LogP contribution in [0.5, 0.6) is 0 Å². The highest BCUT2D eigenvalue weighted by molar-refractivity contribution is 6.37. The first kappa shape index (κ1) is 13.4. The topological polar surface area (TPSA) is 27.7 Å². The molecule has 17 heavy (non-hydrogen) atoms. The Morgan fingerprint density at radius 1 is 1.00 bits per heavy atom. The summed E-state index contributed by atoms with van der Waals surface area (Å²) in [5.74, 6) is 0.697. The second-order valence-electron chi connectivity index (χ2n) is 6.38. The van der Waals surface area contributed by atoms with Gasteiger partial charge < -0.3 is 14.0 Å². The molecule has 0 radical (unpaired) electrons. The average molecular weight is 240 g/mol. The number of hydrogen-bond donors (Lipinski definition) is 0. The smallest absolute Gasteiger partial charge is 0.386 e. The molecule has 0 aromatic carbocycles. The molecule has 0 aromatic heterocycles. The van der Waals surface area contributed by atoms with E-state index in [2.05, 4.69) is 27.7 Å². The van der Waals surface area contributed by atoms with Gasteiger partial charge in [0.15, 0.2) is 0 Å². The van der Waals surface area contributed by atoms with Crippen molar-refractivity contribution in [1.29, 1.82) is 0 Å². The number of rotatable bonds is 3. The van der Waals surface area contributed by atoms with Gasteiger partial charge in [-0.15, -0.1) is 0 Å². The van der Waals surface area contributed by atoms with Crippen LogP contribution in [0.15, 0.2) is 0 Å². The first-order valence-electron chi connectivity index (χ1n) is 6.88. The van der Waals surface area contributed by atoms with Crippen LogP contribution in [0.2, 0.25) is 0 Å². The van der Waals surface area contributed by atoms with E-state index in [9.17, 15) is 0 Å². The molecule has 2 aliphatic rings. The molecular formula is C13H25BO3. The van der Waals surface area contributed by atoms with Crippen molar-refractivity contribution in [2.75, 3.05) is 6.61 Å². The third kappa shape index (κ3) is 3.04. The minimum absolute atomic E-state index is 0.287. The van der Waals surface area contributed by atoms with Crippen molar-refractivity contribution < 1.29 is 14.0 Å². The molecule has 4 heteroatoms. The molecule has 2 fully saturated rings.